The minimum absolute atomic E-state index is 0.0801. The monoisotopic (exact) mass is 394 g/mol. The lowest BCUT2D eigenvalue weighted by molar-refractivity contribution is -0.254. The van der Waals surface area contributed by atoms with Crippen LogP contribution in [-0.2, 0) is 19.1 Å². The zero-order chi connectivity index (χ0) is 20.4. The molecule has 4 nitrogen and oxygen atoms in total. The topological polar surface area (TPSA) is 52.6 Å². The Morgan fingerprint density at radius 3 is 2.08 bits per heavy atom. The Labute approximate surface area is 148 Å². The molecule has 0 aliphatic heterocycles. The van der Waals surface area contributed by atoms with Gasteiger partial charge >= 0.3 is 24.0 Å². The number of esters is 2. The summed E-state index contributed by atoms with van der Waals surface area (Å²) in [5, 5.41) is 0. The number of carbonyl (C=O) groups is 2. The fourth-order valence-electron chi connectivity index (χ4n) is 1.96. The van der Waals surface area contributed by atoms with E-state index in [2.05, 4.69) is 4.74 Å². The van der Waals surface area contributed by atoms with E-state index in [1.807, 2.05) is 6.92 Å². The highest BCUT2D eigenvalue weighted by Crippen LogP contribution is 2.35. The van der Waals surface area contributed by atoms with Crippen molar-refractivity contribution in [2.24, 2.45) is 0 Å². The Bertz CT molecular complexity index is 439. The van der Waals surface area contributed by atoms with E-state index < -0.39 is 43.2 Å². The molecule has 0 spiro atoms. The van der Waals surface area contributed by atoms with Crippen molar-refractivity contribution in [1.82, 2.24) is 0 Å². The van der Waals surface area contributed by atoms with E-state index in [4.69, 9.17) is 4.74 Å². The molecule has 0 N–H and O–H groups in total. The van der Waals surface area contributed by atoms with Crippen LogP contribution in [0.4, 0.5) is 26.3 Å². The third kappa shape index (κ3) is 10.5. The summed E-state index contributed by atoms with van der Waals surface area (Å²) in [7, 11) is 0. The van der Waals surface area contributed by atoms with Crippen LogP contribution in [0.3, 0.4) is 0 Å². The van der Waals surface area contributed by atoms with Crippen LogP contribution < -0.4 is 0 Å². The van der Waals surface area contributed by atoms with Gasteiger partial charge in [-0.15, -0.1) is 0 Å². The highest BCUT2D eigenvalue weighted by atomic mass is 19.4. The van der Waals surface area contributed by atoms with Gasteiger partial charge in [0.15, 0.2) is 6.61 Å². The third-order valence-electron chi connectivity index (χ3n) is 3.39. The van der Waals surface area contributed by atoms with Crippen LogP contribution in [-0.4, -0.2) is 42.9 Å². The lowest BCUT2D eigenvalue weighted by Gasteiger charge is -2.22. The maximum Gasteiger partial charge on any atom is 0.425 e. The molecule has 10 heteroatoms. The van der Waals surface area contributed by atoms with Gasteiger partial charge in [0, 0.05) is 12.8 Å². The number of ether oxygens (including phenoxy) is 2. The van der Waals surface area contributed by atoms with Crippen LogP contribution in [0.2, 0.25) is 0 Å². The lowest BCUT2D eigenvalue weighted by Crippen LogP contribution is -2.45. The molecular formula is C16H24F6O4. The van der Waals surface area contributed by atoms with Crippen molar-refractivity contribution in [1.29, 1.82) is 0 Å². The normalized spacial score (nSPS) is 14.6. The van der Waals surface area contributed by atoms with Crippen LogP contribution in [0.1, 0.15) is 58.8 Å². The maximum atomic E-state index is 12.9. The molecule has 0 aliphatic rings. The minimum Gasteiger partial charge on any atom is -0.463 e. The third-order valence-corrected chi connectivity index (χ3v) is 3.39. The molecule has 0 radical (unpaired) electrons. The number of carbonyl (C=O) groups excluding carboxylic acids is 2. The standard InChI is InChI=1S/C16H24F6O4/c1-3-4-5-7-11(2)26-13(24)9-6-8-12(23)25-10-15(18,19)14(17)16(20,21)22/h11,14H,3-10H2,1-2H3. The average Bonchev–Trinajstić information content (AvgIpc) is 2.51. The van der Waals surface area contributed by atoms with Crippen molar-refractivity contribution in [3.8, 4) is 0 Å². The van der Waals surface area contributed by atoms with Crippen molar-refractivity contribution in [2.45, 2.75) is 83.2 Å². The second-order valence-corrected chi connectivity index (χ2v) is 5.98. The molecule has 0 rings (SSSR count). The number of hydrogen-bond donors (Lipinski definition) is 0. The zero-order valence-corrected chi connectivity index (χ0v) is 14.7. The molecular weight excluding hydrogens is 370 g/mol. The molecule has 2 atom stereocenters. The first-order valence-electron chi connectivity index (χ1n) is 8.33. The molecule has 0 fully saturated rings. The van der Waals surface area contributed by atoms with E-state index in [0.717, 1.165) is 19.3 Å². The molecule has 0 saturated heterocycles. The first-order valence-corrected chi connectivity index (χ1v) is 8.33. The first-order chi connectivity index (χ1) is 11.9. The summed E-state index contributed by atoms with van der Waals surface area (Å²) in [4.78, 5) is 22.7. The van der Waals surface area contributed by atoms with Gasteiger partial charge in [0.25, 0.3) is 6.17 Å². The van der Waals surface area contributed by atoms with Gasteiger partial charge in [-0.2, -0.15) is 22.0 Å². The van der Waals surface area contributed by atoms with Gasteiger partial charge in [0.1, 0.15) is 0 Å². The van der Waals surface area contributed by atoms with E-state index in [9.17, 15) is 35.9 Å². The zero-order valence-electron chi connectivity index (χ0n) is 14.7. The molecule has 26 heavy (non-hydrogen) atoms. The molecule has 0 amide bonds. The summed E-state index contributed by atoms with van der Waals surface area (Å²) in [5.74, 6) is -6.70. The van der Waals surface area contributed by atoms with Gasteiger partial charge in [-0.25, -0.2) is 4.39 Å². The lowest BCUT2D eigenvalue weighted by atomic mass is 10.1. The number of alkyl halides is 6. The van der Waals surface area contributed by atoms with Crippen LogP contribution in [0.15, 0.2) is 0 Å². The van der Waals surface area contributed by atoms with Crippen LogP contribution in [0.25, 0.3) is 0 Å². The summed E-state index contributed by atoms with van der Waals surface area (Å²) >= 11 is 0. The highest BCUT2D eigenvalue weighted by Gasteiger charge is 2.57. The maximum absolute atomic E-state index is 12.9. The Kier molecular flexibility index (Phi) is 10.6. The Balaban J connectivity index is 4.04. The summed E-state index contributed by atoms with van der Waals surface area (Å²) in [5.41, 5.74) is 0. The highest BCUT2D eigenvalue weighted by molar-refractivity contribution is 5.72. The van der Waals surface area contributed by atoms with E-state index in [-0.39, 0.29) is 18.9 Å². The van der Waals surface area contributed by atoms with E-state index in [1.54, 1.807) is 6.92 Å². The summed E-state index contributed by atoms with van der Waals surface area (Å²) in [6.07, 6.45) is -7.57. The number of unbranched alkanes of at least 4 members (excludes halogenated alkanes) is 2. The molecule has 0 aromatic carbocycles. The van der Waals surface area contributed by atoms with Gasteiger partial charge in [0.05, 0.1) is 6.10 Å². The fourth-order valence-corrected chi connectivity index (χ4v) is 1.96. The van der Waals surface area contributed by atoms with Gasteiger partial charge in [-0.3, -0.25) is 9.59 Å². The predicted molar refractivity (Wildman–Crippen MR) is 80.4 cm³/mol. The van der Waals surface area contributed by atoms with Gasteiger partial charge in [-0.1, -0.05) is 19.8 Å². The predicted octanol–water partition coefficient (Wildman–Crippen LogP) is 4.75. The second kappa shape index (κ2) is 11.3. The van der Waals surface area contributed by atoms with Gasteiger partial charge < -0.3 is 9.47 Å². The number of halogens is 6. The van der Waals surface area contributed by atoms with Crippen LogP contribution in [0, 0.1) is 0 Å². The van der Waals surface area contributed by atoms with E-state index >= 15 is 0 Å². The summed E-state index contributed by atoms with van der Waals surface area (Å²) in [6, 6.07) is 0. The number of rotatable bonds is 12. The summed E-state index contributed by atoms with van der Waals surface area (Å²) in [6.45, 7) is 1.73. The molecule has 154 valence electrons. The SMILES string of the molecule is CCCCCC(C)OC(=O)CCCC(=O)OCC(F)(F)C(F)C(F)(F)F. The van der Waals surface area contributed by atoms with Crippen molar-refractivity contribution >= 4 is 11.9 Å². The van der Waals surface area contributed by atoms with Crippen LogP contribution in [0.5, 0.6) is 0 Å². The van der Waals surface area contributed by atoms with Crippen LogP contribution >= 0.6 is 0 Å². The molecule has 2 unspecified atom stereocenters. The molecule has 0 saturated carbocycles. The van der Waals surface area contributed by atoms with E-state index in [1.165, 1.54) is 0 Å². The first kappa shape index (κ1) is 24.5. The molecule has 0 aliphatic carbocycles. The molecule has 0 aromatic rings. The van der Waals surface area contributed by atoms with E-state index in [0.29, 0.717) is 6.42 Å². The Hall–Kier alpha value is -1.48. The van der Waals surface area contributed by atoms with Gasteiger partial charge in [-0.05, 0) is 26.2 Å². The minimum atomic E-state index is -5.76. The van der Waals surface area contributed by atoms with Crippen molar-refractivity contribution in [3.05, 3.63) is 0 Å². The van der Waals surface area contributed by atoms with Crippen molar-refractivity contribution in [2.75, 3.05) is 6.61 Å². The second-order valence-electron chi connectivity index (χ2n) is 5.98. The Morgan fingerprint density at radius 1 is 0.962 bits per heavy atom. The summed E-state index contributed by atoms with van der Waals surface area (Å²) < 4.78 is 83.3. The van der Waals surface area contributed by atoms with Crippen molar-refractivity contribution in [3.63, 3.8) is 0 Å². The largest absolute Gasteiger partial charge is 0.463 e. The fraction of sp³-hybridized carbons (Fsp3) is 0.875. The smallest absolute Gasteiger partial charge is 0.425 e. The van der Waals surface area contributed by atoms with Gasteiger partial charge in [0.2, 0.25) is 0 Å². The quantitative estimate of drug-likeness (QED) is 0.272. The number of hydrogen-bond acceptors (Lipinski definition) is 4. The Morgan fingerprint density at radius 2 is 1.54 bits per heavy atom. The molecule has 0 aromatic heterocycles. The average molecular weight is 394 g/mol. The van der Waals surface area contributed by atoms with Crippen molar-refractivity contribution < 1.29 is 45.4 Å². The molecule has 0 heterocycles. The molecule has 0 bridgehead atoms.